The Hall–Kier alpha value is -1.02. The number of hydrogen-bond donors (Lipinski definition) is 2. The first-order valence-corrected chi connectivity index (χ1v) is 9.16. The fourth-order valence-corrected chi connectivity index (χ4v) is 3.05. The summed E-state index contributed by atoms with van der Waals surface area (Å²) >= 11 is 0. The van der Waals surface area contributed by atoms with Gasteiger partial charge in [0.15, 0.2) is 5.96 Å². The number of halogens is 1. The average molecular weight is 460 g/mol. The van der Waals surface area contributed by atoms with E-state index in [2.05, 4.69) is 27.4 Å². The van der Waals surface area contributed by atoms with Gasteiger partial charge in [-0.1, -0.05) is 25.1 Å². The summed E-state index contributed by atoms with van der Waals surface area (Å²) in [5.74, 6) is 2.55. The average Bonchev–Trinajstić information content (AvgIpc) is 3.06. The summed E-state index contributed by atoms with van der Waals surface area (Å²) in [5, 5.41) is 6.82. The molecule has 1 saturated heterocycles. The van der Waals surface area contributed by atoms with Crippen LogP contribution in [0.3, 0.4) is 0 Å². The van der Waals surface area contributed by atoms with Crippen LogP contribution in [0.25, 0.3) is 0 Å². The summed E-state index contributed by atoms with van der Waals surface area (Å²) in [5.41, 5.74) is 0. The number of nitrogens with zero attached hydrogens (tertiary/aromatic N) is 2. The van der Waals surface area contributed by atoms with Crippen LogP contribution in [0.4, 0.5) is 0 Å². The Morgan fingerprint density at radius 2 is 2.08 bits per heavy atom. The largest absolute Gasteiger partial charge is 0.494 e. The van der Waals surface area contributed by atoms with Crippen molar-refractivity contribution in [3.05, 3.63) is 30.3 Å². The molecule has 5 nitrogen and oxygen atoms in total. The van der Waals surface area contributed by atoms with Gasteiger partial charge in [0, 0.05) is 26.7 Å². The van der Waals surface area contributed by atoms with Gasteiger partial charge in [0.05, 0.1) is 6.61 Å². The molecule has 1 aromatic carbocycles. The van der Waals surface area contributed by atoms with Gasteiger partial charge in [-0.25, -0.2) is 0 Å². The number of benzene rings is 1. The highest BCUT2D eigenvalue weighted by atomic mass is 127. The summed E-state index contributed by atoms with van der Waals surface area (Å²) in [6.45, 7) is 8.50. The molecule has 142 valence electrons. The van der Waals surface area contributed by atoms with Crippen LogP contribution in [-0.2, 0) is 0 Å². The van der Waals surface area contributed by atoms with Crippen molar-refractivity contribution in [3.8, 4) is 5.75 Å². The second-order valence-corrected chi connectivity index (χ2v) is 6.35. The van der Waals surface area contributed by atoms with E-state index in [0.717, 1.165) is 37.1 Å². The smallest absolute Gasteiger partial charge is 0.190 e. The van der Waals surface area contributed by atoms with Crippen molar-refractivity contribution >= 4 is 29.9 Å². The number of ether oxygens (including phenoxy) is 1. The van der Waals surface area contributed by atoms with E-state index >= 15 is 0 Å². The van der Waals surface area contributed by atoms with E-state index in [4.69, 9.17) is 4.74 Å². The lowest BCUT2D eigenvalue weighted by atomic mass is 10.1. The summed E-state index contributed by atoms with van der Waals surface area (Å²) in [6, 6.07) is 9.94. The number of likely N-dealkylation sites (tertiary alicyclic amines) is 1. The predicted octanol–water partition coefficient (Wildman–Crippen LogP) is 2.97. The molecule has 0 saturated carbocycles. The maximum absolute atomic E-state index is 5.69. The number of hydrogen-bond acceptors (Lipinski definition) is 3. The SMILES string of the molecule is CCCN1CCC(CNC(=NC)NCCCOc2ccccc2)C1.I. The van der Waals surface area contributed by atoms with Crippen molar-refractivity contribution in [2.24, 2.45) is 10.9 Å². The Labute approximate surface area is 169 Å². The molecule has 1 aliphatic heterocycles. The van der Waals surface area contributed by atoms with Crippen LogP contribution in [0, 0.1) is 5.92 Å². The van der Waals surface area contributed by atoms with Crippen molar-refractivity contribution in [1.82, 2.24) is 15.5 Å². The Morgan fingerprint density at radius 1 is 1.28 bits per heavy atom. The highest BCUT2D eigenvalue weighted by Gasteiger charge is 2.21. The predicted molar refractivity (Wildman–Crippen MR) is 116 cm³/mol. The molecule has 0 aliphatic carbocycles. The molecular formula is C19H33IN4O. The van der Waals surface area contributed by atoms with Gasteiger partial charge in [-0.15, -0.1) is 24.0 Å². The van der Waals surface area contributed by atoms with E-state index in [-0.39, 0.29) is 24.0 Å². The van der Waals surface area contributed by atoms with Gasteiger partial charge in [-0.3, -0.25) is 4.99 Å². The third-order valence-electron chi connectivity index (χ3n) is 4.32. The number of rotatable bonds is 9. The quantitative estimate of drug-likeness (QED) is 0.258. The number of nitrogens with one attached hydrogen (secondary N) is 2. The lowest BCUT2D eigenvalue weighted by Crippen LogP contribution is -2.40. The first-order chi connectivity index (χ1) is 11.8. The van der Waals surface area contributed by atoms with E-state index in [9.17, 15) is 0 Å². The zero-order valence-electron chi connectivity index (χ0n) is 15.5. The molecule has 2 N–H and O–H groups in total. The van der Waals surface area contributed by atoms with Crippen molar-refractivity contribution in [1.29, 1.82) is 0 Å². The van der Waals surface area contributed by atoms with Crippen LogP contribution < -0.4 is 15.4 Å². The van der Waals surface area contributed by atoms with Crippen LogP contribution in [0.2, 0.25) is 0 Å². The fraction of sp³-hybridized carbons (Fsp3) is 0.632. The molecule has 1 unspecified atom stereocenters. The maximum Gasteiger partial charge on any atom is 0.190 e. The van der Waals surface area contributed by atoms with Crippen LogP contribution in [-0.4, -0.2) is 57.2 Å². The van der Waals surface area contributed by atoms with Gasteiger partial charge < -0.3 is 20.3 Å². The highest BCUT2D eigenvalue weighted by molar-refractivity contribution is 14.0. The monoisotopic (exact) mass is 460 g/mol. The Morgan fingerprint density at radius 3 is 2.80 bits per heavy atom. The van der Waals surface area contributed by atoms with E-state index in [0.29, 0.717) is 6.61 Å². The Balaban J connectivity index is 0.00000312. The molecule has 1 fully saturated rings. The normalized spacial score (nSPS) is 17.8. The standard InChI is InChI=1S/C19H32N4O.HI/c1-3-12-23-13-10-17(16-23)15-22-19(20-2)21-11-7-14-24-18-8-5-4-6-9-18;/h4-6,8-9,17H,3,7,10-16H2,1-2H3,(H2,20,21,22);1H. The van der Waals surface area contributed by atoms with Gasteiger partial charge in [0.1, 0.15) is 5.75 Å². The third kappa shape index (κ3) is 8.76. The summed E-state index contributed by atoms with van der Waals surface area (Å²) in [6.07, 6.45) is 3.48. The summed E-state index contributed by atoms with van der Waals surface area (Å²) < 4.78 is 5.69. The van der Waals surface area contributed by atoms with Crippen molar-refractivity contribution < 1.29 is 4.74 Å². The van der Waals surface area contributed by atoms with Crippen LogP contribution >= 0.6 is 24.0 Å². The number of para-hydroxylation sites is 1. The van der Waals surface area contributed by atoms with E-state index in [1.807, 2.05) is 37.4 Å². The van der Waals surface area contributed by atoms with Crippen molar-refractivity contribution in [3.63, 3.8) is 0 Å². The van der Waals surface area contributed by atoms with E-state index in [1.54, 1.807) is 0 Å². The van der Waals surface area contributed by atoms with E-state index < -0.39 is 0 Å². The minimum absolute atomic E-state index is 0. The maximum atomic E-state index is 5.69. The molecule has 1 aromatic rings. The summed E-state index contributed by atoms with van der Waals surface area (Å²) in [4.78, 5) is 6.86. The van der Waals surface area contributed by atoms with Crippen LogP contribution in [0.5, 0.6) is 5.75 Å². The molecule has 6 heteroatoms. The topological polar surface area (TPSA) is 48.9 Å². The molecule has 0 amide bonds. The van der Waals surface area contributed by atoms with Crippen molar-refractivity contribution in [2.75, 3.05) is 46.4 Å². The lowest BCUT2D eigenvalue weighted by Gasteiger charge is -2.17. The molecular weight excluding hydrogens is 427 g/mol. The molecule has 0 aromatic heterocycles. The molecule has 2 rings (SSSR count). The first-order valence-electron chi connectivity index (χ1n) is 9.16. The summed E-state index contributed by atoms with van der Waals surface area (Å²) in [7, 11) is 1.83. The van der Waals surface area contributed by atoms with Gasteiger partial charge in [0.2, 0.25) is 0 Å². The zero-order chi connectivity index (χ0) is 17.0. The molecule has 1 atom stereocenters. The van der Waals surface area contributed by atoms with E-state index in [1.165, 1.54) is 32.5 Å². The van der Waals surface area contributed by atoms with Gasteiger partial charge in [-0.2, -0.15) is 0 Å². The second kappa shape index (κ2) is 13.2. The molecule has 0 radical (unpaired) electrons. The first kappa shape index (κ1) is 22.0. The number of aliphatic imine (C=N–C) groups is 1. The molecule has 25 heavy (non-hydrogen) atoms. The minimum atomic E-state index is 0. The highest BCUT2D eigenvalue weighted by Crippen LogP contribution is 2.15. The third-order valence-corrected chi connectivity index (χ3v) is 4.32. The minimum Gasteiger partial charge on any atom is -0.494 e. The fourth-order valence-electron chi connectivity index (χ4n) is 3.05. The van der Waals surface area contributed by atoms with Crippen LogP contribution in [0.1, 0.15) is 26.2 Å². The number of guanidine groups is 1. The van der Waals surface area contributed by atoms with Crippen LogP contribution in [0.15, 0.2) is 35.3 Å². The lowest BCUT2D eigenvalue weighted by molar-refractivity contribution is 0.311. The molecule has 1 heterocycles. The molecule has 0 bridgehead atoms. The zero-order valence-corrected chi connectivity index (χ0v) is 17.9. The van der Waals surface area contributed by atoms with Gasteiger partial charge in [-0.05, 0) is 50.4 Å². The molecule has 1 aliphatic rings. The van der Waals surface area contributed by atoms with Gasteiger partial charge >= 0.3 is 0 Å². The second-order valence-electron chi connectivity index (χ2n) is 6.35. The van der Waals surface area contributed by atoms with Gasteiger partial charge in [0.25, 0.3) is 0 Å². The molecule has 0 spiro atoms. The Bertz CT molecular complexity index is 484. The Kier molecular flexibility index (Phi) is 11.6. The van der Waals surface area contributed by atoms with Crippen molar-refractivity contribution in [2.45, 2.75) is 26.2 Å².